The minimum absolute atomic E-state index is 0.00583. The molecule has 0 aromatic heterocycles. The van der Waals surface area contributed by atoms with E-state index in [2.05, 4.69) is 12.1 Å². The van der Waals surface area contributed by atoms with Crippen LogP contribution in [0.2, 0.25) is 0 Å². The summed E-state index contributed by atoms with van der Waals surface area (Å²) < 4.78 is 0. The van der Waals surface area contributed by atoms with Crippen LogP contribution in [0.1, 0.15) is 21.5 Å². The molecule has 2 aromatic rings. The standard InChI is InChI=1S/C17H17NO2/c19-16-7-3-6-15(12-16)17(20)18-10-8-13-4-1-2-5-14(13)9-11-18/h1-7,12,19H,8-11H2. The van der Waals surface area contributed by atoms with Crippen molar-refractivity contribution in [2.75, 3.05) is 13.1 Å². The Morgan fingerprint density at radius 2 is 1.60 bits per heavy atom. The number of carbonyl (C=O) groups is 1. The Morgan fingerprint density at radius 1 is 0.950 bits per heavy atom. The molecule has 1 N–H and O–H groups in total. The second-order valence-electron chi connectivity index (χ2n) is 5.11. The highest BCUT2D eigenvalue weighted by molar-refractivity contribution is 5.94. The summed E-state index contributed by atoms with van der Waals surface area (Å²) in [5.41, 5.74) is 3.22. The first-order valence-corrected chi connectivity index (χ1v) is 6.89. The zero-order valence-electron chi connectivity index (χ0n) is 11.2. The van der Waals surface area contributed by atoms with Gasteiger partial charge in [0.1, 0.15) is 5.75 Å². The third kappa shape index (κ3) is 2.52. The van der Waals surface area contributed by atoms with Crippen molar-refractivity contribution in [2.24, 2.45) is 0 Å². The van der Waals surface area contributed by atoms with Crippen molar-refractivity contribution >= 4 is 5.91 Å². The van der Waals surface area contributed by atoms with Gasteiger partial charge < -0.3 is 10.0 Å². The first kappa shape index (κ1) is 12.7. The molecular weight excluding hydrogens is 250 g/mol. The second kappa shape index (κ2) is 5.37. The fourth-order valence-corrected chi connectivity index (χ4v) is 2.69. The monoisotopic (exact) mass is 267 g/mol. The van der Waals surface area contributed by atoms with Gasteiger partial charge in [-0.3, -0.25) is 4.79 Å². The van der Waals surface area contributed by atoms with E-state index >= 15 is 0 Å². The minimum atomic E-state index is -0.00583. The van der Waals surface area contributed by atoms with E-state index < -0.39 is 0 Å². The van der Waals surface area contributed by atoms with E-state index in [1.165, 1.54) is 17.2 Å². The molecule has 0 atom stereocenters. The minimum Gasteiger partial charge on any atom is -0.508 e. The van der Waals surface area contributed by atoms with Crippen LogP contribution in [0.4, 0.5) is 0 Å². The van der Waals surface area contributed by atoms with Crippen LogP contribution in [-0.2, 0) is 12.8 Å². The summed E-state index contributed by atoms with van der Waals surface area (Å²) in [6.07, 6.45) is 1.78. The Hall–Kier alpha value is -2.29. The van der Waals surface area contributed by atoms with E-state index in [0.717, 1.165) is 25.9 Å². The van der Waals surface area contributed by atoms with Gasteiger partial charge in [-0.2, -0.15) is 0 Å². The van der Waals surface area contributed by atoms with E-state index in [9.17, 15) is 9.90 Å². The second-order valence-corrected chi connectivity index (χ2v) is 5.11. The Kier molecular flexibility index (Phi) is 3.42. The number of carbonyl (C=O) groups excluding carboxylic acids is 1. The number of aromatic hydroxyl groups is 1. The van der Waals surface area contributed by atoms with Crippen molar-refractivity contribution in [1.82, 2.24) is 4.90 Å². The van der Waals surface area contributed by atoms with Crippen molar-refractivity contribution in [3.8, 4) is 5.75 Å². The quantitative estimate of drug-likeness (QED) is 0.863. The van der Waals surface area contributed by atoms with Gasteiger partial charge >= 0.3 is 0 Å². The van der Waals surface area contributed by atoms with Crippen molar-refractivity contribution in [3.05, 3.63) is 65.2 Å². The first-order valence-electron chi connectivity index (χ1n) is 6.89. The van der Waals surface area contributed by atoms with Crippen molar-refractivity contribution in [3.63, 3.8) is 0 Å². The van der Waals surface area contributed by atoms with Gasteiger partial charge in [-0.1, -0.05) is 30.3 Å². The largest absolute Gasteiger partial charge is 0.508 e. The average Bonchev–Trinajstić information content (AvgIpc) is 2.69. The van der Waals surface area contributed by atoms with E-state index in [0.29, 0.717) is 5.56 Å². The molecule has 1 heterocycles. The van der Waals surface area contributed by atoms with Gasteiger partial charge in [0.15, 0.2) is 0 Å². The lowest BCUT2D eigenvalue weighted by Crippen LogP contribution is -2.33. The maximum Gasteiger partial charge on any atom is 0.254 e. The summed E-state index contributed by atoms with van der Waals surface area (Å²) in [5, 5.41) is 9.49. The Bertz CT molecular complexity index is 609. The number of benzene rings is 2. The molecule has 1 aliphatic heterocycles. The number of hydrogen-bond donors (Lipinski definition) is 1. The zero-order valence-corrected chi connectivity index (χ0v) is 11.2. The van der Waals surface area contributed by atoms with Gasteiger partial charge in [-0.05, 0) is 42.2 Å². The van der Waals surface area contributed by atoms with Gasteiger partial charge in [0, 0.05) is 18.7 Å². The lowest BCUT2D eigenvalue weighted by molar-refractivity contribution is 0.0762. The molecule has 102 valence electrons. The molecule has 0 saturated carbocycles. The molecular formula is C17H17NO2. The molecule has 0 unspecified atom stereocenters. The lowest BCUT2D eigenvalue weighted by atomic mass is 10.0. The van der Waals surface area contributed by atoms with Gasteiger partial charge in [0.25, 0.3) is 5.91 Å². The maximum absolute atomic E-state index is 12.5. The molecule has 1 amide bonds. The van der Waals surface area contributed by atoms with Gasteiger partial charge in [-0.25, -0.2) is 0 Å². The Morgan fingerprint density at radius 3 is 2.20 bits per heavy atom. The summed E-state index contributed by atoms with van der Waals surface area (Å²) in [7, 11) is 0. The van der Waals surface area contributed by atoms with Crippen LogP contribution in [0.5, 0.6) is 5.75 Å². The van der Waals surface area contributed by atoms with Crippen LogP contribution in [0.25, 0.3) is 0 Å². The number of fused-ring (bicyclic) bond motifs is 1. The maximum atomic E-state index is 12.5. The highest BCUT2D eigenvalue weighted by atomic mass is 16.3. The Labute approximate surface area is 118 Å². The number of phenols is 1. The number of nitrogens with zero attached hydrogens (tertiary/aromatic N) is 1. The van der Waals surface area contributed by atoms with Crippen LogP contribution in [0, 0.1) is 0 Å². The smallest absolute Gasteiger partial charge is 0.254 e. The van der Waals surface area contributed by atoms with Crippen LogP contribution >= 0.6 is 0 Å². The SMILES string of the molecule is O=C(c1cccc(O)c1)N1CCc2ccccc2CC1. The molecule has 2 aromatic carbocycles. The fourth-order valence-electron chi connectivity index (χ4n) is 2.69. The molecule has 0 fully saturated rings. The van der Waals surface area contributed by atoms with E-state index in [1.807, 2.05) is 17.0 Å². The molecule has 0 radical (unpaired) electrons. The molecule has 0 spiro atoms. The average molecular weight is 267 g/mol. The van der Waals surface area contributed by atoms with Gasteiger partial charge in [0.05, 0.1) is 0 Å². The summed E-state index contributed by atoms with van der Waals surface area (Å²) in [6, 6.07) is 14.9. The highest BCUT2D eigenvalue weighted by Gasteiger charge is 2.19. The predicted molar refractivity (Wildman–Crippen MR) is 77.9 cm³/mol. The first-order chi connectivity index (χ1) is 9.74. The molecule has 0 saturated heterocycles. The van der Waals surface area contributed by atoms with Crippen molar-refractivity contribution < 1.29 is 9.90 Å². The Balaban J connectivity index is 1.78. The third-order valence-electron chi connectivity index (χ3n) is 3.80. The lowest BCUT2D eigenvalue weighted by Gasteiger charge is -2.20. The molecule has 1 aliphatic rings. The summed E-state index contributed by atoms with van der Waals surface area (Å²) in [5.74, 6) is 0.127. The number of rotatable bonds is 1. The topological polar surface area (TPSA) is 40.5 Å². The van der Waals surface area contributed by atoms with Crippen molar-refractivity contribution in [1.29, 1.82) is 0 Å². The zero-order chi connectivity index (χ0) is 13.9. The van der Waals surface area contributed by atoms with E-state index in [1.54, 1.807) is 18.2 Å². The summed E-state index contributed by atoms with van der Waals surface area (Å²) in [4.78, 5) is 14.3. The molecule has 20 heavy (non-hydrogen) atoms. The van der Waals surface area contributed by atoms with Crippen LogP contribution in [0.15, 0.2) is 48.5 Å². The normalized spacial score (nSPS) is 14.5. The van der Waals surface area contributed by atoms with Crippen LogP contribution in [-0.4, -0.2) is 29.0 Å². The van der Waals surface area contributed by atoms with Gasteiger partial charge in [0.2, 0.25) is 0 Å². The molecule has 3 rings (SSSR count). The number of phenolic OH excluding ortho intramolecular Hbond substituents is 1. The summed E-state index contributed by atoms with van der Waals surface area (Å²) >= 11 is 0. The third-order valence-corrected chi connectivity index (χ3v) is 3.80. The number of hydrogen-bond acceptors (Lipinski definition) is 2. The van der Waals surface area contributed by atoms with E-state index in [4.69, 9.17) is 0 Å². The predicted octanol–water partition coefficient (Wildman–Crippen LogP) is 2.63. The molecule has 3 nitrogen and oxygen atoms in total. The van der Waals surface area contributed by atoms with Crippen LogP contribution in [0.3, 0.4) is 0 Å². The van der Waals surface area contributed by atoms with E-state index in [-0.39, 0.29) is 11.7 Å². The molecule has 0 bridgehead atoms. The molecule has 0 aliphatic carbocycles. The number of amides is 1. The summed E-state index contributed by atoms with van der Waals surface area (Å²) in [6.45, 7) is 1.46. The fraction of sp³-hybridized carbons (Fsp3) is 0.235. The highest BCUT2D eigenvalue weighted by Crippen LogP contribution is 2.18. The van der Waals surface area contributed by atoms with Crippen LogP contribution < -0.4 is 0 Å². The molecule has 3 heteroatoms. The van der Waals surface area contributed by atoms with Gasteiger partial charge in [-0.15, -0.1) is 0 Å². The van der Waals surface area contributed by atoms with Crippen molar-refractivity contribution in [2.45, 2.75) is 12.8 Å².